The first kappa shape index (κ1) is 23.6. The third kappa shape index (κ3) is 4.58. The Labute approximate surface area is 198 Å². The summed E-state index contributed by atoms with van der Waals surface area (Å²) >= 11 is 0. The number of carbonyl (C=O) groups excluding carboxylic acids is 1. The van der Waals surface area contributed by atoms with Gasteiger partial charge in [-0.3, -0.25) is 9.78 Å². The second-order valence-electron chi connectivity index (χ2n) is 7.25. The zero-order valence-electron chi connectivity index (χ0n) is 18.7. The van der Waals surface area contributed by atoms with Gasteiger partial charge in [-0.15, -0.1) is 0 Å². The van der Waals surface area contributed by atoms with Gasteiger partial charge in [0.2, 0.25) is 5.91 Å². The van der Waals surface area contributed by atoms with Gasteiger partial charge in [-0.1, -0.05) is 12.6 Å². The maximum atomic E-state index is 14.9. The van der Waals surface area contributed by atoms with Crippen LogP contribution in [0.1, 0.15) is 0 Å². The van der Waals surface area contributed by atoms with Crippen LogP contribution in [0.5, 0.6) is 11.5 Å². The molecule has 2 heterocycles. The van der Waals surface area contributed by atoms with Crippen LogP contribution in [0.25, 0.3) is 22.0 Å². The van der Waals surface area contributed by atoms with E-state index in [1.165, 1.54) is 50.9 Å². The van der Waals surface area contributed by atoms with Gasteiger partial charge in [0.25, 0.3) is 0 Å². The number of benzene rings is 2. The summed E-state index contributed by atoms with van der Waals surface area (Å²) in [6.45, 7) is 3.38. The number of anilines is 3. The molecule has 0 radical (unpaired) electrons. The molecule has 0 spiro atoms. The molecule has 0 unspecified atom stereocenters. The number of nitrogens with zero attached hydrogens (tertiary/aromatic N) is 2. The van der Waals surface area contributed by atoms with Crippen LogP contribution in [-0.2, 0) is 4.79 Å². The zero-order chi connectivity index (χ0) is 25.1. The number of rotatable bonds is 7. The van der Waals surface area contributed by atoms with E-state index in [0.29, 0.717) is 10.8 Å². The van der Waals surface area contributed by atoms with Crippen molar-refractivity contribution in [2.75, 3.05) is 24.9 Å². The van der Waals surface area contributed by atoms with Gasteiger partial charge in [-0.2, -0.15) is 0 Å². The van der Waals surface area contributed by atoms with E-state index in [9.17, 15) is 18.0 Å². The van der Waals surface area contributed by atoms with Gasteiger partial charge in [-0.05, 0) is 30.3 Å². The summed E-state index contributed by atoms with van der Waals surface area (Å²) in [4.78, 5) is 20.1. The molecule has 2 aromatic heterocycles. The number of pyridine rings is 2. The van der Waals surface area contributed by atoms with Crippen molar-refractivity contribution in [1.29, 1.82) is 0 Å². The summed E-state index contributed by atoms with van der Waals surface area (Å²) < 4.78 is 54.2. The van der Waals surface area contributed by atoms with Crippen molar-refractivity contribution in [2.45, 2.75) is 0 Å². The zero-order valence-corrected chi connectivity index (χ0v) is 18.7. The smallest absolute Gasteiger partial charge is 0.247 e. The second kappa shape index (κ2) is 9.72. The molecule has 4 aromatic rings. The predicted octanol–water partition coefficient (Wildman–Crippen LogP) is 5.60. The van der Waals surface area contributed by atoms with Gasteiger partial charge in [0, 0.05) is 29.2 Å². The number of nitrogens with one attached hydrogen (secondary N) is 2. The Morgan fingerprint density at radius 3 is 2.29 bits per heavy atom. The highest BCUT2D eigenvalue weighted by Gasteiger charge is 2.22. The van der Waals surface area contributed by atoms with Crippen LogP contribution < -0.4 is 20.1 Å². The second-order valence-corrected chi connectivity index (χ2v) is 7.25. The molecule has 1 amide bonds. The molecule has 0 saturated heterocycles. The normalized spacial score (nSPS) is 10.7. The number of fused-ring (bicyclic) bond motifs is 1. The minimum absolute atomic E-state index is 0.00625. The van der Waals surface area contributed by atoms with Crippen molar-refractivity contribution in [3.8, 4) is 22.8 Å². The van der Waals surface area contributed by atoms with Crippen LogP contribution in [0.15, 0.2) is 61.4 Å². The highest BCUT2D eigenvalue weighted by molar-refractivity contribution is 6.01. The predicted molar refractivity (Wildman–Crippen MR) is 127 cm³/mol. The van der Waals surface area contributed by atoms with E-state index in [1.807, 2.05) is 0 Å². The molecule has 0 bridgehead atoms. The van der Waals surface area contributed by atoms with E-state index >= 15 is 0 Å². The van der Waals surface area contributed by atoms with Crippen molar-refractivity contribution < 1.29 is 27.4 Å². The average molecular weight is 480 g/mol. The van der Waals surface area contributed by atoms with E-state index < -0.39 is 28.9 Å². The van der Waals surface area contributed by atoms with Crippen molar-refractivity contribution in [3.05, 3.63) is 78.9 Å². The Morgan fingerprint density at radius 1 is 0.971 bits per heavy atom. The third-order valence-corrected chi connectivity index (χ3v) is 5.14. The Bertz CT molecular complexity index is 1430. The van der Waals surface area contributed by atoms with E-state index in [0.717, 1.165) is 12.1 Å². The van der Waals surface area contributed by atoms with E-state index in [4.69, 9.17) is 9.47 Å². The fourth-order valence-electron chi connectivity index (χ4n) is 3.42. The Kier molecular flexibility index (Phi) is 6.54. The molecule has 7 nitrogen and oxygen atoms in total. The topological polar surface area (TPSA) is 85.4 Å². The van der Waals surface area contributed by atoms with Crippen LogP contribution in [0.3, 0.4) is 0 Å². The summed E-state index contributed by atoms with van der Waals surface area (Å²) in [5.41, 5.74) is -0.190. The van der Waals surface area contributed by atoms with Crippen LogP contribution >= 0.6 is 0 Å². The lowest BCUT2D eigenvalue weighted by atomic mass is 10.1. The Balaban J connectivity index is 1.72. The lowest BCUT2D eigenvalue weighted by Gasteiger charge is -2.14. The maximum Gasteiger partial charge on any atom is 0.247 e. The molecule has 0 saturated carbocycles. The average Bonchev–Trinajstić information content (AvgIpc) is 2.86. The molecule has 178 valence electrons. The number of methoxy groups -OCH3 is 2. The molecule has 0 fully saturated rings. The molecule has 0 aliphatic carbocycles. The largest absolute Gasteiger partial charge is 0.494 e. The van der Waals surface area contributed by atoms with Crippen molar-refractivity contribution >= 4 is 33.9 Å². The third-order valence-electron chi connectivity index (χ3n) is 5.14. The fourth-order valence-corrected chi connectivity index (χ4v) is 3.42. The Morgan fingerprint density at radius 2 is 1.63 bits per heavy atom. The number of para-hydroxylation sites is 1. The first-order valence-electron chi connectivity index (χ1n) is 10.2. The number of ether oxygens (including phenoxy) is 2. The highest BCUT2D eigenvalue weighted by Crippen LogP contribution is 2.37. The van der Waals surface area contributed by atoms with Gasteiger partial charge >= 0.3 is 0 Å². The molecule has 0 aliphatic heterocycles. The lowest BCUT2D eigenvalue weighted by Crippen LogP contribution is -2.10. The lowest BCUT2D eigenvalue weighted by molar-refractivity contribution is -0.111. The monoisotopic (exact) mass is 480 g/mol. The summed E-state index contributed by atoms with van der Waals surface area (Å²) in [6, 6.07) is 8.36. The first-order valence-corrected chi connectivity index (χ1v) is 10.2. The molecular formula is C25H19F3N4O3. The van der Waals surface area contributed by atoms with E-state index in [-0.39, 0.29) is 34.4 Å². The van der Waals surface area contributed by atoms with Gasteiger partial charge in [0.1, 0.15) is 11.6 Å². The molecule has 0 aliphatic rings. The number of amides is 1. The molecule has 4 rings (SSSR count). The van der Waals surface area contributed by atoms with Crippen molar-refractivity contribution in [2.24, 2.45) is 0 Å². The van der Waals surface area contributed by atoms with Gasteiger partial charge in [-0.25, -0.2) is 18.2 Å². The molecule has 35 heavy (non-hydrogen) atoms. The number of hydrogen-bond donors (Lipinski definition) is 2. The number of hydrogen-bond acceptors (Lipinski definition) is 6. The molecule has 0 atom stereocenters. The maximum absolute atomic E-state index is 14.9. The number of aromatic nitrogens is 2. The number of carbonyl (C=O) groups is 1. The van der Waals surface area contributed by atoms with Crippen molar-refractivity contribution in [3.63, 3.8) is 0 Å². The van der Waals surface area contributed by atoms with Gasteiger partial charge < -0.3 is 20.1 Å². The quantitative estimate of drug-likeness (QED) is 0.335. The van der Waals surface area contributed by atoms with Crippen LogP contribution in [0.2, 0.25) is 0 Å². The highest BCUT2D eigenvalue weighted by atomic mass is 19.1. The van der Waals surface area contributed by atoms with E-state index in [1.54, 1.807) is 6.07 Å². The van der Waals surface area contributed by atoms with Gasteiger partial charge in [0.05, 0.1) is 36.9 Å². The standard InChI is InChI=1S/C25H19F3N4O3/c1-4-21(33)31-16-7-5-6-15(26)25(16)32-20-9-14-11-29-17(8-13(14)12-30-20)22-23(27)18(34-2)10-19(35-3)24(22)28/h4-12H,1H2,2-3H3,(H,30,32)(H,31,33). The molecular weight excluding hydrogens is 461 g/mol. The van der Waals surface area contributed by atoms with Crippen LogP contribution in [0, 0.1) is 17.5 Å². The fraction of sp³-hybridized carbons (Fsp3) is 0.0800. The SMILES string of the molecule is C=CC(=O)Nc1cccc(F)c1Nc1cc2cnc(-c3c(F)c(OC)cc(OC)c3F)cc2cn1. The van der Waals surface area contributed by atoms with Crippen LogP contribution in [-0.4, -0.2) is 30.1 Å². The minimum Gasteiger partial charge on any atom is -0.494 e. The summed E-state index contributed by atoms with van der Waals surface area (Å²) in [7, 11) is 2.52. The summed E-state index contributed by atoms with van der Waals surface area (Å²) in [5.74, 6) is -3.08. The summed E-state index contributed by atoms with van der Waals surface area (Å²) in [5, 5.41) is 6.45. The Hall–Kier alpha value is -4.60. The first-order chi connectivity index (χ1) is 16.9. The van der Waals surface area contributed by atoms with E-state index in [2.05, 4.69) is 27.2 Å². The minimum atomic E-state index is -0.919. The van der Waals surface area contributed by atoms with Crippen molar-refractivity contribution in [1.82, 2.24) is 9.97 Å². The molecule has 2 aromatic carbocycles. The number of halogens is 3. The summed E-state index contributed by atoms with van der Waals surface area (Å²) in [6.07, 6.45) is 3.92. The van der Waals surface area contributed by atoms with Crippen LogP contribution in [0.4, 0.5) is 30.4 Å². The molecule has 2 N–H and O–H groups in total. The van der Waals surface area contributed by atoms with Gasteiger partial charge in [0.15, 0.2) is 23.1 Å². The molecule has 10 heteroatoms.